The van der Waals surface area contributed by atoms with Crippen molar-refractivity contribution in [2.75, 3.05) is 4.90 Å². The van der Waals surface area contributed by atoms with Gasteiger partial charge in [-0.2, -0.15) is 0 Å². The summed E-state index contributed by atoms with van der Waals surface area (Å²) in [4.78, 5) is 2.42. The van der Waals surface area contributed by atoms with Gasteiger partial charge in [0.15, 0.2) is 0 Å². The molecule has 236 valence electrons. The van der Waals surface area contributed by atoms with E-state index in [2.05, 4.69) is 208 Å². The van der Waals surface area contributed by atoms with Crippen molar-refractivity contribution in [2.24, 2.45) is 0 Å². The van der Waals surface area contributed by atoms with Crippen LogP contribution in [0.15, 0.2) is 182 Å². The molecule has 0 atom stereocenters. The maximum Gasteiger partial charge on any atom is 0.0546 e. The predicted molar refractivity (Wildman–Crippen MR) is 211 cm³/mol. The molecular weight excluding hydrogens is 591 g/mol. The largest absolute Gasteiger partial charge is 0.310 e. The molecule has 0 aliphatic rings. The maximum absolute atomic E-state index is 2.42. The highest BCUT2D eigenvalue weighted by Crippen LogP contribution is 2.46. The first-order chi connectivity index (χ1) is 23.9. The van der Waals surface area contributed by atoms with Crippen LogP contribution in [0.25, 0.3) is 54.9 Å². The SMILES string of the molecule is CC(C)(C)c1ccc(-c2ccc(N(c3ccc(-c4ccccc4)cc3)c3ccc4ccccc4c3-c3cccc4ccccc34)cc2)cc1. The summed E-state index contributed by atoms with van der Waals surface area (Å²) in [7, 11) is 0. The van der Waals surface area contributed by atoms with Gasteiger partial charge in [-0.3, -0.25) is 0 Å². The molecule has 0 aliphatic heterocycles. The van der Waals surface area contributed by atoms with Crippen LogP contribution in [0.4, 0.5) is 17.1 Å². The van der Waals surface area contributed by atoms with Gasteiger partial charge < -0.3 is 4.90 Å². The second-order valence-corrected chi connectivity index (χ2v) is 13.8. The highest BCUT2D eigenvalue weighted by atomic mass is 15.1. The van der Waals surface area contributed by atoms with Crippen molar-refractivity contribution >= 4 is 38.6 Å². The van der Waals surface area contributed by atoms with E-state index in [1.807, 2.05) is 0 Å². The third-order valence-corrected chi connectivity index (χ3v) is 9.65. The van der Waals surface area contributed by atoms with Crippen molar-refractivity contribution in [2.45, 2.75) is 26.2 Å². The van der Waals surface area contributed by atoms with E-state index in [4.69, 9.17) is 0 Å². The van der Waals surface area contributed by atoms with Gasteiger partial charge in [-0.05, 0) is 90.7 Å². The Bertz CT molecular complexity index is 2370. The van der Waals surface area contributed by atoms with Gasteiger partial charge in [-0.15, -0.1) is 0 Å². The average molecular weight is 630 g/mol. The minimum absolute atomic E-state index is 0.126. The van der Waals surface area contributed by atoms with Crippen LogP contribution in [0, 0.1) is 0 Å². The molecule has 0 aromatic heterocycles. The zero-order valence-electron chi connectivity index (χ0n) is 28.3. The van der Waals surface area contributed by atoms with Gasteiger partial charge >= 0.3 is 0 Å². The summed E-state index contributed by atoms with van der Waals surface area (Å²) >= 11 is 0. The molecule has 0 saturated heterocycles. The number of hydrogen-bond donors (Lipinski definition) is 0. The van der Waals surface area contributed by atoms with Crippen LogP contribution in [0.2, 0.25) is 0 Å². The van der Waals surface area contributed by atoms with E-state index in [1.54, 1.807) is 0 Å². The molecule has 8 aromatic carbocycles. The van der Waals surface area contributed by atoms with Crippen molar-refractivity contribution < 1.29 is 0 Å². The second-order valence-electron chi connectivity index (χ2n) is 13.8. The Morgan fingerprint density at radius 1 is 0.367 bits per heavy atom. The van der Waals surface area contributed by atoms with Gasteiger partial charge in [-0.25, -0.2) is 0 Å². The lowest BCUT2D eigenvalue weighted by Gasteiger charge is -2.29. The lowest BCUT2D eigenvalue weighted by molar-refractivity contribution is 0.590. The van der Waals surface area contributed by atoms with E-state index in [0.717, 1.165) is 17.1 Å². The van der Waals surface area contributed by atoms with Gasteiger partial charge in [-0.1, -0.05) is 172 Å². The van der Waals surface area contributed by atoms with E-state index < -0.39 is 0 Å². The Labute approximate surface area is 289 Å². The van der Waals surface area contributed by atoms with Crippen molar-refractivity contribution in [1.82, 2.24) is 0 Å². The number of anilines is 3. The summed E-state index contributed by atoms with van der Waals surface area (Å²) in [5.74, 6) is 0. The quantitative estimate of drug-likeness (QED) is 0.177. The monoisotopic (exact) mass is 629 g/mol. The standard InChI is InChI=1S/C48H39N/c1-48(2,3)40-27-20-35(21-28-40)37-24-31-42(32-25-37)49(41-29-22-36(23-30-41)34-12-5-4-6-13-34)46-33-26-39-15-8-10-18-44(39)47(46)45-19-11-16-38-14-7-9-17-43(38)45/h4-33H,1-3H3. The van der Waals surface area contributed by atoms with Crippen LogP contribution < -0.4 is 4.90 Å². The molecule has 0 bridgehead atoms. The Kier molecular flexibility index (Phi) is 7.82. The van der Waals surface area contributed by atoms with E-state index >= 15 is 0 Å². The Balaban J connectivity index is 1.32. The maximum atomic E-state index is 2.42. The van der Waals surface area contributed by atoms with Crippen LogP contribution in [0.1, 0.15) is 26.3 Å². The number of hydrogen-bond acceptors (Lipinski definition) is 1. The molecule has 0 unspecified atom stereocenters. The lowest BCUT2D eigenvalue weighted by Crippen LogP contribution is -2.11. The second kappa shape index (κ2) is 12.6. The molecule has 0 fully saturated rings. The fourth-order valence-corrected chi connectivity index (χ4v) is 7.00. The lowest BCUT2D eigenvalue weighted by atomic mass is 9.86. The molecule has 1 heteroatoms. The van der Waals surface area contributed by atoms with Crippen LogP contribution in [-0.4, -0.2) is 0 Å². The van der Waals surface area contributed by atoms with E-state index in [1.165, 1.54) is 60.5 Å². The molecule has 0 heterocycles. The van der Waals surface area contributed by atoms with E-state index in [9.17, 15) is 0 Å². The summed E-state index contributed by atoms with van der Waals surface area (Å²) in [6.07, 6.45) is 0. The molecule has 0 spiro atoms. The van der Waals surface area contributed by atoms with Crippen molar-refractivity contribution in [3.63, 3.8) is 0 Å². The predicted octanol–water partition coefficient (Wildman–Crippen LogP) is 13.8. The van der Waals surface area contributed by atoms with Gasteiger partial charge in [0.05, 0.1) is 5.69 Å². The summed E-state index contributed by atoms with van der Waals surface area (Å²) in [6.45, 7) is 6.78. The molecule has 0 aliphatic carbocycles. The summed E-state index contributed by atoms with van der Waals surface area (Å²) in [5.41, 5.74) is 12.1. The highest BCUT2D eigenvalue weighted by molar-refractivity contribution is 6.11. The molecule has 8 rings (SSSR count). The van der Waals surface area contributed by atoms with Gasteiger partial charge in [0.2, 0.25) is 0 Å². The Morgan fingerprint density at radius 3 is 1.43 bits per heavy atom. The van der Waals surface area contributed by atoms with Crippen LogP contribution in [-0.2, 0) is 5.41 Å². The first-order valence-corrected chi connectivity index (χ1v) is 17.1. The molecule has 1 nitrogen and oxygen atoms in total. The zero-order valence-corrected chi connectivity index (χ0v) is 28.3. The van der Waals surface area contributed by atoms with Crippen molar-refractivity contribution in [3.8, 4) is 33.4 Å². The molecule has 0 amide bonds. The Hall–Kier alpha value is -5.92. The first-order valence-electron chi connectivity index (χ1n) is 17.1. The Morgan fingerprint density at radius 2 is 0.837 bits per heavy atom. The molecule has 49 heavy (non-hydrogen) atoms. The summed E-state index contributed by atoms with van der Waals surface area (Å²) in [5, 5.41) is 4.94. The van der Waals surface area contributed by atoms with Gasteiger partial charge in [0.1, 0.15) is 0 Å². The molecule has 0 N–H and O–H groups in total. The van der Waals surface area contributed by atoms with Crippen molar-refractivity contribution in [3.05, 3.63) is 188 Å². The first kappa shape index (κ1) is 30.4. The van der Waals surface area contributed by atoms with Crippen molar-refractivity contribution in [1.29, 1.82) is 0 Å². The normalized spacial score (nSPS) is 11.6. The summed E-state index contributed by atoms with van der Waals surface area (Å²) in [6, 6.07) is 66.3. The molecule has 8 aromatic rings. The number of nitrogens with zero attached hydrogens (tertiary/aromatic N) is 1. The smallest absolute Gasteiger partial charge is 0.0546 e. The average Bonchev–Trinajstić information content (AvgIpc) is 3.15. The van der Waals surface area contributed by atoms with Crippen LogP contribution in [0.5, 0.6) is 0 Å². The minimum Gasteiger partial charge on any atom is -0.310 e. The van der Waals surface area contributed by atoms with E-state index in [-0.39, 0.29) is 5.41 Å². The topological polar surface area (TPSA) is 3.24 Å². The molecule has 0 saturated carbocycles. The summed E-state index contributed by atoms with van der Waals surface area (Å²) < 4.78 is 0. The zero-order chi connectivity index (χ0) is 33.4. The number of benzene rings is 8. The fourth-order valence-electron chi connectivity index (χ4n) is 7.00. The van der Waals surface area contributed by atoms with Gasteiger partial charge in [0, 0.05) is 16.9 Å². The highest BCUT2D eigenvalue weighted by Gasteiger charge is 2.21. The molecule has 0 radical (unpaired) electrons. The van der Waals surface area contributed by atoms with E-state index in [0.29, 0.717) is 0 Å². The minimum atomic E-state index is 0.126. The number of rotatable bonds is 6. The number of fused-ring (bicyclic) bond motifs is 2. The van der Waals surface area contributed by atoms with Gasteiger partial charge in [0.25, 0.3) is 0 Å². The van der Waals surface area contributed by atoms with Crippen LogP contribution >= 0.6 is 0 Å². The van der Waals surface area contributed by atoms with Crippen LogP contribution in [0.3, 0.4) is 0 Å². The fraction of sp³-hybridized carbons (Fsp3) is 0.0833. The third kappa shape index (κ3) is 5.90. The molecular formula is C48H39N. The third-order valence-electron chi connectivity index (χ3n) is 9.65.